The maximum absolute atomic E-state index is 11.7. The van der Waals surface area contributed by atoms with Gasteiger partial charge in [0.05, 0.1) is 0 Å². The molecule has 1 nitrogen and oxygen atoms in total. The van der Waals surface area contributed by atoms with Crippen molar-refractivity contribution in [2.24, 2.45) is 23.7 Å². The van der Waals surface area contributed by atoms with Gasteiger partial charge in [0, 0.05) is 17.2 Å². The topological polar surface area (TPSA) is 17.1 Å². The van der Waals surface area contributed by atoms with Gasteiger partial charge < -0.3 is 0 Å². The molecule has 2 heteroatoms. The highest BCUT2D eigenvalue weighted by Gasteiger charge is 2.52. The molecular formula is C10H13ClO. The van der Waals surface area contributed by atoms with Gasteiger partial charge >= 0.3 is 0 Å². The largest absolute Gasteiger partial charge is 0.299 e. The van der Waals surface area contributed by atoms with Crippen LogP contribution in [0.3, 0.4) is 0 Å². The summed E-state index contributed by atoms with van der Waals surface area (Å²) in [6.45, 7) is 0. The summed E-state index contributed by atoms with van der Waals surface area (Å²) in [4.78, 5) is 11.7. The van der Waals surface area contributed by atoms with Crippen LogP contribution in [0.2, 0.25) is 0 Å². The summed E-state index contributed by atoms with van der Waals surface area (Å²) >= 11 is 6.24. The highest BCUT2D eigenvalue weighted by Crippen LogP contribution is 2.53. The average Bonchev–Trinajstić information content (AvgIpc) is 2.07. The molecule has 66 valence electrons. The zero-order valence-corrected chi connectivity index (χ0v) is 7.76. The number of hydrogen-bond donors (Lipinski definition) is 0. The van der Waals surface area contributed by atoms with Crippen molar-refractivity contribution in [2.45, 2.75) is 31.1 Å². The molecule has 12 heavy (non-hydrogen) atoms. The van der Waals surface area contributed by atoms with Crippen LogP contribution >= 0.6 is 11.6 Å². The van der Waals surface area contributed by atoms with Crippen LogP contribution in [0.5, 0.6) is 0 Å². The lowest BCUT2D eigenvalue weighted by molar-refractivity contribution is -0.139. The molecule has 0 amide bonds. The Kier molecular flexibility index (Phi) is 1.39. The molecule has 4 bridgehead atoms. The molecule has 0 aromatic rings. The molecule has 4 saturated carbocycles. The minimum Gasteiger partial charge on any atom is -0.299 e. The summed E-state index contributed by atoms with van der Waals surface area (Å²) in [7, 11) is 0. The molecule has 0 saturated heterocycles. The van der Waals surface area contributed by atoms with Crippen LogP contribution in [0.1, 0.15) is 25.7 Å². The molecule has 0 radical (unpaired) electrons. The molecular weight excluding hydrogens is 172 g/mol. The van der Waals surface area contributed by atoms with Gasteiger partial charge in [-0.2, -0.15) is 0 Å². The number of ketones is 1. The number of hydrogen-bond acceptors (Lipinski definition) is 1. The summed E-state index contributed by atoms with van der Waals surface area (Å²) in [5, 5.41) is 0.185. The predicted molar refractivity (Wildman–Crippen MR) is 47.1 cm³/mol. The predicted octanol–water partition coefficient (Wildman–Crippen LogP) is 2.23. The van der Waals surface area contributed by atoms with Gasteiger partial charge in [-0.25, -0.2) is 0 Å². The Morgan fingerprint density at radius 3 is 2.83 bits per heavy atom. The van der Waals surface area contributed by atoms with Crippen molar-refractivity contribution in [1.82, 2.24) is 0 Å². The van der Waals surface area contributed by atoms with Crippen LogP contribution in [0, 0.1) is 23.7 Å². The van der Waals surface area contributed by atoms with Gasteiger partial charge in [-0.15, -0.1) is 11.6 Å². The van der Waals surface area contributed by atoms with Crippen molar-refractivity contribution in [3.63, 3.8) is 0 Å². The zero-order valence-electron chi connectivity index (χ0n) is 7.00. The lowest BCUT2D eigenvalue weighted by atomic mass is 9.55. The van der Waals surface area contributed by atoms with Gasteiger partial charge in [0.2, 0.25) is 0 Å². The highest BCUT2D eigenvalue weighted by atomic mass is 35.5. The number of alkyl halides is 1. The van der Waals surface area contributed by atoms with Crippen molar-refractivity contribution < 1.29 is 4.79 Å². The second-order valence-corrected chi connectivity index (χ2v) is 5.22. The van der Waals surface area contributed by atoms with E-state index in [1.165, 1.54) is 12.8 Å². The molecule has 0 N–H and O–H groups in total. The number of rotatable bonds is 0. The quantitative estimate of drug-likeness (QED) is 0.528. The van der Waals surface area contributed by atoms with E-state index in [0.29, 0.717) is 17.6 Å². The van der Waals surface area contributed by atoms with Gasteiger partial charge in [0.15, 0.2) is 0 Å². The van der Waals surface area contributed by atoms with Crippen molar-refractivity contribution in [1.29, 1.82) is 0 Å². The van der Waals surface area contributed by atoms with Crippen LogP contribution in [0.4, 0.5) is 0 Å². The standard InChI is InChI=1S/C10H13ClO/c11-9-6-1-5-2-7(4-6)10(12)8(9)3-5/h5-9H,1-4H2/t5?,6-,7+,8-,9-/m0/s1. The van der Waals surface area contributed by atoms with E-state index in [1.54, 1.807) is 0 Å². The fraction of sp³-hybridized carbons (Fsp3) is 0.900. The van der Waals surface area contributed by atoms with Crippen LogP contribution in [0.15, 0.2) is 0 Å². The molecule has 4 fully saturated rings. The molecule has 0 aromatic carbocycles. The number of carbonyl (C=O) groups is 1. The lowest BCUT2D eigenvalue weighted by Crippen LogP contribution is -2.51. The second kappa shape index (κ2) is 2.25. The number of halogens is 1. The third-order valence-electron chi connectivity index (χ3n) is 4.03. The maximum atomic E-state index is 11.7. The Bertz CT molecular complexity index is 238. The van der Waals surface area contributed by atoms with Crippen LogP contribution < -0.4 is 0 Å². The van der Waals surface area contributed by atoms with Gasteiger partial charge in [-0.05, 0) is 37.5 Å². The molecule has 5 atom stereocenters. The number of Topliss-reactive ketones (excluding diaryl/α,β-unsaturated/α-hetero) is 1. The Hall–Kier alpha value is -0.0400. The Morgan fingerprint density at radius 2 is 2.00 bits per heavy atom. The first-order valence-corrected chi connectivity index (χ1v) is 5.37. The molecule has 4 aliphatic carbocycles. The average molecular weight is 185 g/mol. The fourth-order valence-electron chi connectivity index (χ4n) is 3.56. The van der Waals surface area contributed by atoms with Gasteiger partial charge in [0.1, 0.15) is 5.78 Å². The maximum Gasteiger partial charge on any atom is 0.140 e. The first-order chi connectivity index (χ1) is 5.75. The van der Waals surface area contributed by atoms with E-state index < -0.39 is 0 Å². The van der Waals surface area contributed by atoms with Gasteiger partial charge in [-0.3, -0.25) is 4.79 Å². The summed E-state index contributed by atoms with van der Waals surface area (Å²) in [5.41, 5.74) is 0. The van der Waals surface area contributed by atoms with Crippen LogP contribution in [-0.2, 0) is 4.79 Å². The number of carbonyl (C=O) groups excluding carboxylic acids is 1. The molecule has 4 rings (SSSR count). The minimum absolute atomic E-state index is 0.185. The van der Waals surface area contributed by atoms with Crippen molar-refractivity contribution in [3.8, 4) is 0 Å². The molecule has 0 aromatic heterocycles. The van der Waals surface area contributed by atoms with E-state index in [1.807, 2.05) is 0 Å². The molecule has 4 aliphatic rings. The van der Waals surface area contributed by atoms with E-state index in [2.05, 4.69) is 0 Å². The second-order valence-electron chi connectivity index (χ2n) is 4.72. The van der Waals surface area contributed by atoms with Gasteiger partial charge in [0.25, 0.3) is 0 Å². The monoisotopic (exact) mass is 184 g/mol. The van der Waals surface area contributed by atoms with E-state index in [9.17, 15) is 4.79 Å². The zero-order chi connectivity index (χ0) is 8.29. The molecule has 0 heterocycles. The highest BCUT2D eigenvalue weighted by molar-refractivity contribution is 6.23. The smallest absolute Gasteiger partial charge is 0.140 e. The van der Waals surface area contributed by atoms with Crippen LogP contribution in [-0.4, -0.2) is 11.2 Å². The van der Waals surface area contributed by atoms with E-state index in [0.717, 1.165) is 18.8 Å². The summed E-state index contributed by atoms with van der Waals surface area (Å²) < 4.78 is 0. The molecule has 1 unspecified atom stereocenters. The van der Waals surface area contributed by atoms with E-state index in [-0.39, 0.29) is 11.3 Å². The van der Waals surface area contributed by atoms with E-state index in [4.69, 9.17) is 11.6 Å². The van der Waals surface area contributed by atoms with E-state index >= 15 is 0 Å². The Morgan fingerprint density at radius 1 is 1.17 bits per heavy atom. The first kappa shape index (κ1) is 7.37. The molecule has 0 spiro atoms. The summed E-state index contributed by atoms with van der Waals surface area (Å²) in [5.74, 6) is 2.64. The normalized spacial score (nSPS) is 56.4. The lowest BCUT2D eigenvalue weighted by Gasteiger charge is -2.51. The van der Waals surface area contributed by atoms with Crippen molar-refractivity contribution >= 4 is 17.4 Å². The third-order valence-corrected chi connectivity index (χ3v) is 4.69. The van der Waals surface area contributed by atoms with Gasteiger partial charge in [-0.1, -0.05) is 0 Å². The van der Waals surface area contributed by atoms with Crippen molar-refractivity contribution in [2.75, 3.05) is 0 Å². The SMILES string of the molecule is O=C1[C@@H]2CC3C[C@@H](C2)[C@H](Cl)[C@@H]1C3. The Balaban J connectivity index is 1.98. The Labute approximate surface area is 77.5 Å². The van der Waals surface area contributed by atoms with Crippen molar-refractivity contribution in [3.05, 3.63) is 0 Å². The summed E-state index contributed by atoms with van der Waals surface area (Å²) in [6, 6.07) is 0. The minimum atomic E-state index is 0.185. The summed E-state index contributed by atoms with van der Waals surface area (Å²) in [6.07, 6.45) is 4.67. The van der Waals surface area contributed by atoms with Crippen LogP contribution in [0.25, 0.3) is 0 Å². The molecule has 0 aliphatic heterocycles. The fourth-order valence-corrected chi connectivity index (χ4v) is 4.00. The third kappa shape index (κ3) is 0.783. The first-order valence-electron chi connectivity index (χ1n) is 4.93.